The van der Waals surface area contributed by atoms with E-state index in [9.17, 15) is 0 Å². The Balaban J connectivity index is 1.18. The molecule has 0 spiro atoms. The Bertz CT molecular complexity index is 2580. The fourth-order valence-corrected chi connectivity index (χ4v) is 7.20. The number of fused-ring (bicyclic) bond motifs is 7. The zero-order chi connectivity index (χ0) is 28.8. The van der Waals surface area contributed by atoms with Crippen molar-refractivity contribution in [3.8, 4) is 50.5 Å². The van der Waals surface area contributed by atoms with Gasteiger partial charge in [-0.1, -0.05) is 103 Å². The van der Waals surface area contributed by atoms with Gasteiger partial charge in [-0.3, -0.25) is 4.57 Å². The summed E-state index contributed by atoms with van der Waals surface area (Å²) in [6.45, 7) is 0. The number of benzene rings is 7. The van der Waals surface area contributed by atoms with E-state index in [1.54, 1.807) is 0 Å². The van der Waals surface area contributed by atoms with Crippen molar-refractivity contribution < 1.29 is 4.42 Å². The van der Waals surface area contributed by atoms with Gasteiger partial charge in [-0.2, -0.15) is 0 Å². The molecule has 0 saturated carbocycles. The van der Waals surface area contributed by atoms with E-state index in [2.05, 4.69) is 138 Å². The summed E-state index contributed by atoms with van der Waals surface area (Å²) in [6.07, 6.45) is 0. The van der Waals surface area contributed by atoms with Gasteiger partial charge in [-0.25, -0.2) is 4.98 Å². The standard InChI is InChI=1S/C41H24N2O/c1-2-9-25(10-3-1)41-42-36-15-6-7-16-37(36)43(41)27-18-22-39-35(24-27)34-23-26(17-21-38(34)44-39)28-19-20-33-30-12-5-4-11-29(30)32-14-8-13-31(28)40(32)33/h1-24H. The van der Waals surface area contributed by atoms with E-state index in [0.717, 1.165) is 50.0 Å². The molecule has 10 rings (SSSR count). The third kappa shape index (κ3) is 3.24. The molecule has 2 aromatic heterocycles. The lowest BCUT2D eigenvalue weighted by atomic mass is 9.93. The number of hydrogen-bond acceptors (Lipinski definition) is 2. The molecule has 0 N–H and O–H groups in total. The van der Waals surface area contributed by atoms with Gasteiger partial charge in [0, 0.05) is 22.0 Å². The van der Waals surface area contributed by atoms with Crippen LogP contribution in [0.4, 0.5) is 0 Å². The fraction of sp³-hybridized carbons (Fsp3) is 0. The number of furan rings is 1. The molecule has 0 radical (unpaired) electrons. The molecule has 3 nitrogen and oxygen atoms in total. The highest BCUT2D eigenvalue weighted by atomic mass is 16.3. The average molecular weight is 561 g/mol. The SMILES string of the molecule is c1ccc(-c2nc3ccccc3n2-c2ccc3oc4ccc(-c5ccc6c7c(cccc57)-c5ccccc5-6)cc4c3c2)cc1. The Morgan fingerprint density at radius 3 is 2.00 bits per heavy atom. The normalized spacial score (nSPS) is 12.1. The maximum atomic E-state index is 6.37. The number of imidazole rings is 1. The van der Waals surface area contributed by atoms with Gasteiger partial charge in [0.05, 0.1) is 11.0 Å². The Morgan fingerprint density at radius 1 is 0.455 bits per heavy atom. The van der Waals surface area contributed by atoms with Crippen LogP contribution in [0.3, 0.4) is 0 Å². The van der Waals surface area contributed by atoms with Crippen LogP contribution in [0.1, 0.15) is 0 Å². The third-order valence-electron chi connectivity index (χ3n) is 9.16. The van der Waals surface area contributed by atoms with Crippen LogP contribution < -0.4 is 0 Å². The molecule has 3 heteroatoms. The van der Waals surface area contributed by atoms with Crippen molar-refractivity contribution >= 4 is 43.7 Å². The summed E-state index contributed by atoms with van der Waals surface area (Å²) in [5.74, 6) is 0.925. The topological polar surface area (TPSA) is 31.0 Å². The first-order chi connectivity index (χ1) is 21.8. The minimum Gasteiger partial charge on any atom is -0.456 e. The first-order valence-electron chi connectivity index (χ1n) is 15.0. The summed E-state index contributed by atoms with van der Waals surface area (Å²) in [5, 5.41) is 4.82. The molecule has 9 aromatic rings. The first-order valence-corrected chi connectivity index (χ1v) is 15.0. The fourth-order valence-electron chi connectivity index (χ4n) is 7.20. The molecule has 0 unspecified atom stereocenters. The number of rotatable bonds is 3. The van der Waals surface area contributed by atoms with Crippen LogP contribution in [0.2, 0.25) is 0 Å². The van der Waals surface area contributed by atoms with Gasteiger partial charge in [0.1, 0.15) is 17.0 Å². The average Bonchev–Trinajstić information content (AvgIpc) is 3.76. The van der Waals surface area contributed by atoms with Crippen molar-refractivity contribution in [2.45, 2.75) is 0 Å². The largest absolute Gasteiger partial charge is 0.456 e. The van der Waals surface area contributed by atoms with Crippen LogP contribution in [-0.2, 0) is 0 Å². The zero-order valence-electron chi connectivity index (χ0n) is 23.7. The molecule has 0 atom stereocenters. The van der Waals surface area contributed by atoms with Crippen LogP contribution in [0.5, 0.6) is 0 Å². The maximum absolute atomic E-state index is 6.37. The molecule has 0 aliphatic heterocycles. The van der Waals surface area contributed by atoms with E-state index in [1.165, 1.54) is 44.2 Å². The molecule has 44 heavy (non-hydrogen) atoms. The molecule has 0 saturated heterocycles. The molecular weight excluding hydrogens is 536 g/mol. The Morgan fingerprint density at radius 2 is 1.14 bits per heavy atom. The van der Waals surface area contributed by atoms with Crippen LogP contribution in [0, 0.1) is 0 Å². The summed E-state index contributed by atoms with van der Waals surface area (Å²) in [5.41, 5.74) is 13.6. The van der Waals surface area contributed by atoms with E-state index in [-0.39, 0.29) is 0 Å². The molecule has 1 aliphatic carbocycles. The van der Waals surface area contributed by atoms with Crippen LogP contribution in [0.25, 0.3) is 94.2 Å². The summed E-state index contributed by atoms with van der Waals surface area (Å²) in [7, 11) is 0. The number of aromatic nitrogens is 2. The summed E-state index contributed by atoms with van der Waals surface area (Å²) in [6, 6.07) is 51.8. The highest BCUT2D eigenvalue weighted by molar-refractivity contribution is 6.19. The van der Waals surface area contributed by atoms with E-state index in [0.29, 0.717) is 0 Å². The van der Waals surface area contributed by atoms with Crippen molar-refractivity contribution in [1.29, 1.82) is 0 Å². The van der Waals surface area contributed by atoms with Crippen molar-refractivity contribution in [1.82, 2.24) is 9.55 Å². The summed E-state index contributed by atoms with van der Waals surface area (Å²) in [4.78, 5) is 5.05. The van der Waals surface area contributed by atoms with Crippen molar-refractivity contribution in [2.24, 2.45) is 0 Å². The molecule has 1 aliphatic rings. The molecule has 0 bridgehead atoms. The van der Waals surface area contributed by atoms with Gasteiger partial charge in [0.2, 0.25) is 0 Å². The van der Waals surface area contributed by atoms with E-state index < -0.39 is 0 Å². The highest BCUT2D eigenvalue weighted by Crippen LogP contribution is 2.49. The van der Waals surface area contributed by atoms with Gasteiger partial charge in [-0.05, 0) is 86.6 Å². The number of para-hydroxylation sites is 2. The van der Waals surface area contributed by atoms with E-state index in [1.807, 2.05) is 12.1 Å². The minimum atomic E-state index is 0.877. The maximum Gasteiger partial charge on any atom is 0.145 e. The lowest BCUT2D eigenvalue weighted by Crippen LogP contribution is -1.97. The molecule has 7 aromatic carbocycles. The van der Waals surface area contributed by atoms with Crippen molar-refractivity contribution in [3.05, 3.63) is 146 Å². The Labute approximate surface area is 253 Å². The number of hydrogen-bond donors (Lipinski definition) is 0. The molecule has 0 fully saturated rings. The van der Waals surface area contributed by atoms with Crippen LogP contribution in [0.15, 0.2) is 150 Å². The summed E-state index contributed by atoms with van der Waals surface area (Å²) >= 11 is 0. The summed E-state index contributed by atoms with van der Waals surface area (Å²) < 4.78 is 8.63. The lowest BCUT2D eigenvalue weighted by molar-refractivity contribution is 0.669. The van der Waals surface area contributed by atoms with E-state index in [4.69, 9.17) is 9.40 Å². The van der Waals surface area contributed by atoms with Crippen molar-refractivity contribution in [2.75, 3.05) is 0 Å². The smallest absolute Gasteiger partial charge is 0.145 e. The zero-order valence-corrected chi connectivity index (χ0v) is 23.7. The Hall–Kier alpha value is -5.93. The van der Waals surface area contributed by atoms with Gasteiger partial charge in [0.15, 0.2) is 0 Å². The Kier molecular flexibility index (Phi) is 4.72. The number of nitrogens with zero attached hydrogens (tertiary/aromatic N) is 2. The lowest BCUT2D eigenvalue weighted by Gasteiger charge is -2.10. The highest BCUT2D eigenvalue weighted by Gasteiger charge is 2.22. The monoisotopic (exact) mass is 560 g/mol. The minimum absolute atomic E-state index is 0.877. The molecule has 2 heterocycles. The van der Waals surface area contributed by atoms with Crippen molar-refractivity contribution in [3.63, 3.8) is 0 Å². The second-order valence-corrected chi connectivity index (χ2v) is 11.6. The van der Waals surface area contributed by atoms with Gasteiger partial charge in [0.25, 0.3) is 0 Å². The predicted octanol–water partition coefficient (Wildman–Crippen LogP) is 11.1. The molecule has 0 amide bonds. The van der Waals surface area contributed by atoms with Gasteiger partial charge in [-0.15, -0.1) is 0 Å². The second-order valence-electron chi connectivity index (χ2n) is 11.6. The first kappa shape index (κ1) is 23.6. The van der Waals surface area contributed by atoms with Gasteiger partial charge >= 0.3 is 0 Å². The molecular formula is C41H24N2O. The quantitative estimate of drug-likeness (QED) is 0.215. The molecule has 204 valence electrons. The van der Waals surface area contributed by atoms with Gasteiger partial charge < -0.3 is 4.42 Å². The van der Waals surface area contributed by atoms with Crippen LogP contribution >= 0.6 is 0 Å². The predicted molar refractivity (Wildman–Crippen MR) is 181 cm³/mol. The van der Waals surface area contributed by atoms with E-state index >= 15 is 0 Å². The third-order valence-corrected chi connectivity index (χ3v) is 9.16. The van der Waals surface area contributed by atoms with Crippen LogP contribution in [-0.4, -0.2) is 9.55 Å². The second kappa shape index (κ2) is 8.79.